The highest BCUT2D eigenvalue weighted by Gasteiger charge is 2.30. The Morgan fingerprint density at radius 3 is 2.53 bits per heavy atom. The quantitative estimate of drug-likeness (QED) is 0.636. The second-order valence-corrected chi connectivity index (χ2v) is 9.88. The molecule has 1 amide bonds. The molecule has 0 aliphatic carbocycles. The zero-order valence-corrected chi connectivity index (χ0v) is 19.0. The Morgan fingerprint density at radius 2 is 1.90 bits per heavy atom. The molecule has 1 aromatic carbocycles. The van der Waals surface area contributed by atoms with Crippen molar-refractivity contribution in [1.82, 2.24) is 9.29 Å². The smallest absolute Gasteiger partial charge is 0.350 e. The van der Waals surface area contributed by atoms with Gasteiger partial charge >= 0.3 is 5.97 Å². The van der Waals surface area contributed by atoms with Crippen LogP contribution in [0.3, 0.4) is 0 Å². The molecule has 0 unspecified atom stereocenters. The van der Waals surface area contributed by atoms with Gasteiger partial charge in [0.2, 0.25) is 10.0 Å². The number of carbonyl (C=O) groups is 2. The van der Waals surface area contributed by atoms with Crippen LogP contribution < -0.4 is 5.32 Å². The molecule has 0 radical (unpaired) electrons. The first-order valence-corrected chi connectivity index (χ1v) is 11.6. The van der Waals surface area contributed by atoms with Gasteiger partial charge in [-0.25, -0.2) is 18.2 Å². The molecule has 13 heteroatoms. The SMILES string of the molecule is COC(=O)c1sc(NC(=O)c2cc(S(=O)(=O)N3CCOCC3)c(Cl)cc2Cl)nc1C. The lowest BCUT2D eigenvalue weighted by Crippen LogP contribution is -2.40. The molecular weight excluding hydrogens is 477 g/mol. The van der Waals surface area contributed by atoms with E-state index >= 15 is 0 Å². The fraction of sp³-hybridized carbons (Fsp3) is 0.353. The number of hydrogen-bond acceptors (Lipinski definition) is 8. The van der Waals surface area contributed by atoms with Gasteiger partial charge in [-0.15, -0.1) is 0 Å². The van der Waals surface area contributed by atoms with Crippen molar-refractivity contribution in [2.24, 2.45) is 0 Å². The number of rotatable bonds is 5. The van der Waals surface area contributed by atoms with E-state index in [9.17, 15) is 18.0 Å². The average molecular weight is 494 g/mol. The van der Waals surface area contributed by atoms with E-state index in [1.807, 2.05) is 0 Å². The molecule has 0 spiro atoms. The molecule has 0 saturated carbocycles. The maximum absolute atomic E-state index is 13.0. The van der Waals surface area contributed by atoms with Crippen molar-refractivity contribution in [1.29, 1.82) is 0 Å². The van der Waals surface area contributed by atoms with E-state index < -0.39 is 21.9 Å². The summed E-state index contributed by atoms with van der Waals surface area (Å²) in [6, 6.07) is 2.34. The number of methoxy groups -OCH3 is 1. The lowest BCUT2D eigenvalue weighted by molar-refractivity contribution is 0.0605. The third-order valence-electron chi connectivity index (χ3n) is 4.24. The number of aryl methyl sites for hydroxylation is 1. The van der Waals surface area contributed by atoms with E-state index in [0.717, 1.165) is 17.4 Å². The number of hydrogen-bond donors (Lipinski definition) is 1. The number of amides is 1. The normalized spacial score (nSPS) is 15.1. The van der Waals surface area contributed by atoms with Crippen molar-refractivity contribution in [3.05, 3.63) is 38.3 Å². The Morgan fingerprint density at radius 1 is 1.23 bits per heavy atom. The third kappa shape index (κ3) is 4.61. The number of aromatic nitrogens is 1. The molecule has 2 aromatic rings. The predicted molar refractivity (Wildman–Crippen MR) is 112 cm³/mol. The highest BCUT2D eigenvalue weighted by Crippen LogP contribution is 2.32. The molecule has 30 heavy (non-hydrogen) atoms. The monoisotopic (exact) mass is 493 g/mol. The first kappa shape index (κ1) is 22.9. The minimum Gasteiger partial charge on any atom is -0.465 e. The first-order valence-electron chi connectivity index (χ1n) is 8.59. The fourth-order valence-corrected chi connectivity index (χ4v) is 5.84. The van der Waals surface area contributed by atoms with Gasteiger partial charge in [0.15, 0.2) is 5.13 Å². The molecule has 1 aliphatic rings. The maximum Gasteiger partial charge on any atom is 0.350 e. The molecular formula is C17H17Cl2N3O6S2. The minimum absolute atomic E-state index is 0.0279. The summed E-state index contributed by atoms with van der Waals surface area (Å²) < 4.78 is 37.0. The zero-order chi connectivity index (χ0) is 22.1. The number of morpholine rings is 1. The van der Waals surface area contributed by atoms with Gasteiger partial charge < -0.3 is 9.47 Å². The van der Waals surface area contributed by atoms with Gasteiger partial charge in [-0.05, 0) is 19.1 Å². The highest BCUT2D eigenvalue weighted by molar-refractivity contribution is 7.89. The highest BCUT2D eigenvalue weighted by atomic mass is 35.5. The summed E-state index contributed by atoms with van der Waals surface area (Å²) in [5.41, 5.74) is 0.292. The van der Waals surface area contributed by atoms with Gasteiger partial charge in [0.1, 0.15) is 9.77 Å². The van der Waals surface area contributed by atoms with Crippen LogP contribution in [-0.2, 0) is 19.5 Å². The fourth-order valence-electron chi connectivity index (χ4n) is 2.72. The van der Waals surface area contributed by atoms with Crippen LogP contribution in [-0.4, -0.2) is 63.0 Å². The van der Waals surface area contributed by atoms with Crippen LogP contribution in [0.5, 0.6) is 0 Å². The standard InChI is InChI=1S/C17H17Cl2N3O6S2/c1-9-14(16(24)27-2)29-17(20-9)21-15(23)10-7-13(12(19)8-11(10)18)30(25,26)22-3-5-28-6-4-22/h7-8H,3-6H2,1-2H3,(H,20,21,23). The Balaban J connectivity index is 1.92. The van der Waals surface area contributed by atoms with Crippen LogP contribution in [0, 0.1) is 6.92 Å². The van der Waals surface area contributed by atoms with E-state index in [0.29, 0.717) is 5.69 Å². The van der Waals surface area contributed by atoms with E-state index in [-0.39, 0.29) is 56.8 Å². The van der Waals surface area contributed by atoms with Crippen molar-refractivity contribution in [2.75, 3.05) is 38.7 Å². The van der Waals surface area contributed by atoms with Crippen LogP contribution in [0.4, 0.5) is 5.13 Å². The van der Waals surface area contributed by atoms with E-state index in [4.69, 9.17) is 27.9 Å². The molecule has 3 rings (SSSR count). The average Bonchev–Trinajstić information content (AvgIpc) is 3.07. The van der Waals surface area contributed by atoms with Crippen LogP contribution in [0.1, 0.15) is 25.7 Å². The molecule has 1 fully saturated rings. The van der Waals surface area contributed by atoms with Crippen LogP contribution in [0.2, 0.25) is 10.0 Å². The lowest BCUT2D eigenvalue weighted by atomic mass is 10.2. The molecule has 1 aromatic heterocycles. The Labute approximate surface area is 186 Å². The molecule has 1 N–H and O–H groups in total. The van der Waals surface area contributed by atoms with Crippen LogP contribution in [0.15, 0.2) is 17.0 Å². The Kier molecular flexibility index (Phi) is 7.00. The number of esters is 1. The number of thiazole rings is 1. The Bertz CT molecular complexity index is 1100. The summed E-state index contributed by atoms with van der Waals surface area (Å²) in [5.74, 6) is -1.27. The molecule has 162 valence electrons. The molecule has 2 heterocycles. The van der Waals surface area contributed by atoms with Crippen molar-refractivity contribution < 1.29 is 27.5 Å². The van der Waals surface area contributed by atoms with Gasteiger partial charge in [0.25, 0.3) is 5.91 Å². The summed E-state index contributed by atoms with van der Waals surface area (Å²) >= 11 is 13.2. The maximum atomic E-state index is 13.0. The van der Waals surface area contributed by atoms with Gasteiger partial charge in [-0.1, -0.05) is 34.5 Å². The summed E-state index contributed by atoms with van der Waals surface area (Å²) in [6.07, 6.45) is 0. The first-order chi connectivity index (χ1) is 14.1. The largest absolute Gasteiger partial charge is 0.465 e. The summed E-state index contributed by atoms with van der Waals surface area (Å²) in [6.45, 7) is 2.49. The number of sulfonamides is 1. The lowest BCUT2D eigenvalue weighted by Gasteiger charge is -2.26. The second-order valence-electron chi connectivity index (χ2n) is 6.16. The summed E-state index contributed by atoms with van der Waals surface area (Å²) in [5, 5.41) is 2.54. The summed E-state index contributed by atoms with van der Waals surface area (Å²) in [4.78, 5) is 28.6. The van der Waals surface area contributed by atoms with Gasteiger partial charge in [0, 0.05) is 13.1 Å². The van der Waals surface area contributed by atoms with Crippen LogP contribution >= 0.6 is 34.5 Å². The Hall–Kier alpha value is -1.76. The minimum atomic E-state index is -3.95. The number of carbonyl (C=O) groups excluding carboxylic acids is 2. The molecule has 9 nitrogen and oxygen atoms in total. The molecule has 0 atom stereocenters. The van der Waals surface area contributed by atoms with E-state index in [2.05, 4.69) is 15.0 Å². The molecule has 0 bridgehead atoms. The van der Waals surface area contributed by atoms with Crippen molar-refractivity contribution in [3.63, 3.8) is 0 Å². The number of nitrogens with zero attached hydrogens (tertiary/aromatic N) is 2. The molecule has 1 saturated heterocycles. The summed E-state index contributed by atoms with van der Waals surface area (Å²) in [7, 11) is -2.71. The van der Waals surface area contributed by atoms with E-state index in [1.165, 1.54) is 17.5 Å². The number of ether oxygens (including phenoxy) is 2. The zero-order valence-electron chi connectivity index (χ0n) is 15.9. The second kappa shape index (κ2) is 9.16. The number of nitrogens with one attached hydrogen (secondary N) is 1. The van der Waals surface area contributed by atoms with Crippen molar-refractivity contribution in [3.8, 4) is 0 Å². The third-order valence-corrected chi connectivity index (χ3v) is 7.97. The van der Waals surface area contributed by atoms with Crippen molar-refractivity contribution >= 4 is 61.6 Å². The van der Waals surface area contributed by atoms with Gasteiger partial charge in [0.05, 0.1) is 41.6 Å². The van der Waals surface area contributed by atoms with E-state index in [1.54, 1.807) is 6.92 Å². The van der Waals surface area contributed by atoms with Gasteiger partial charge in [-0.3, -0.25) is 10.1 Å². The van der Waals surface area contributed by atoms with Gasteiger partial charge in [-0.2, -0.15) is 4.31 Å². The topological polar surface area (TPSA) is 115 Å². The molecule has 1 aliphatic heterocycles. The number of anilines is 1. The van der Waals surface area contributed by atoms with Crippen molar-refractivity contribution in [2.45, 2.75) is 11.8 Å². The number of halogens is 2. The van der Waals surface area contributed by atoms with Crippen LogP contribution in [0.25, 0.3) is 0 Å². The number of benzene rings is 1. The predicted octanol–water partition coefficient (Wildman–Crippen LogP) is 2.82.